The molecule has 2 atom stereocenters. The summed E-state index contributed by atoms with van der Waals surface area (Å²) in [6.07, 6.45) is 5.59. The first kappa shape index (κ1) is 20.0. The summed E-state index contributed by atoms with van der Waals surface area (Å²) in [5.41, 5.74) is 15.7. The third kappa shape index (κ3) is 3.66. The van der Waals surface area contributed by atoms with Crippen LogP contribution in [0.2, 0.25) is 0 Å². The number of aliphatic hydroxyl groups excluding tert-OH is 1. The summed E-state index contributed by atoms with van der Waals surface area (Å²) in [5, 5.41) is 15.7. The van der Waals surface area contributed by atoms with Crippen LogP contribution in [0.4, 0.5) is 0 Å². The molecule has 0 radical (unpaired) electrons. The number of para-hydroxylation sites is 1. The number of aromatic nitrogens is 1. The Labute approximate surface area is 176 Å². The van der Waals surface area contributed by atoms with Crippen LogP contribution in [0.25, 0.3) is 16.6 Å². The smallest absolute Gasteiger partial charge is 0.185 e. The molecular formula is C22H29N7O. The summed E-state index contributed by atoms with van der Waals surface area (Å²) in [6, 6.07) is 8.17. The normalized spacial score (nSPS) is 19.3. The van der Waals surface area contributed by atoms with Crippen LogP contribution >= 0.6 is 0 Å². The minimum atomic E-state index is -0.759. The number of guanidine groups is 1. The third-order valence-corrected chi connectivity index (χ3v) is 5.71. The van der Waals surface area contributed by atoms with Crippen molar-refractivity contribution in [2.75, 3.05) is 6.54 Å². The summed E-state index contributed by atoms with van der Waals surface area (Å²) in [6.45, 7) is 4.74. The van der Waals surface area contributed by atoms with Crippen LogP contribution in [-0.4, -0.2) is 39.4 Å². The summed E-state index contributed by atoms with van der Waals surface area (Å²) < 4.78 is 0. The lowest BCUT2D eigenvalue weighted by Crippen LogP contribution is -2.37. The van der Waals surface area contributed by atoms with Crippen molar-refractivity contribution in [3.05, 3.63) is 53.7 Å². The highest BCUT2D eigenvalue weighted by atomic mass is 16.3. The maximum Gasteiger partial charge on any atom is 0.185 e. The van der Waals surface area contributed by atoms with Crippen LogP contribution < -0.4 is 16.8 Å². The van der Waals surface area contributed by atoms with Gasteiger partial charge < -0.3 is 26.9 Å². The first-order chi connectivity index (χ1) is 14.5. The number of hydrogen-bond donors (Lipinski definition) is 5. The van der Waals surface area contributed by atoms with E-state index in [-0.39, 0.29) is 11.9 Å². The van der Waals surface area contributed by atoms with Gasteiger partial charge in [-0.2, -0.15) is 0 Å². The Morgan fingerprint density at radius 1 is 1.33 bits per heavy atom. The lowest BCUT2D eigenvalue weighted by molar-refractivity contribution is 0.126. The molecule has 8 nitrogen and oxygen atoms in total. The van der Waals surface area contributed by atoms with E-state index in [1.807, 2.05) is 29.4 Å². The Hall–Kier alpha value is -3.26. The quantitative estimate of drug-likeness (QED) is 0.274. The van der Waals surface area contributed by atoms with Crippen LogP contribution in [0.15, 0.2) is 58.2 Å². The van der Waals surface area contributed by atoms with Gasteiger partial charge >= 0.3 is 0 Å². The first-order valence-corrected chi connectivity index (χ1v) is 10.4. The van der Waals surface area contributed by atoms with Gasteiger partial charge in [0, 0.05) is 35.4 Å². The van der Waals surface area contributed by atoms with Crippen LogP contribution in [-0.2, 0) is 0 Å². The number of aliphatic imine (C=N–C) groups is 2. The molecule has 0 spiro atoms. The SMILES string of the molecule is CC[C@H](C)C1=NC2=C(CCCN=C(N)N)NC(c3c[nH]c4ccccc34)=CN2C1O. The Bertz CT molecular complexity index is 1060. The van der Waals surface area contributed by atoms with Gasteiger partial charge in [0.2, 0.25) is 0 Å². The minimum absolute atomic E-state index is 0.0960. The number of rotatable bonds is 7. The van der Waals surface area contributed by atoms with Gasteiger partial charge in [0.1, 0.15) is 0 Å². The maximum absolute atomic E-state index is 11.0. The monoisotopic (exact) mass is 407 g/mol. The predicted molar refractivity (Wildman–Crippen MR) is 121 cm³/mol. The first-order valence-electron chi connectivity index (χ1n) is 10.4. The number of aromatic amines is 1. The average molecular weight is 408 g/mol. The van der Waals surface area contributed by atoms with Gasteiger partial charge in [0.05, 0.1) is 17.1 Å². The van der Waals surface area contributed by atoms with Gasteiger partial charge in [-0.25, -0.2) is 4.99 Å². The second-order valence-electron chi connectivity index (χ2n) is 7.75. The minimum Gasteiger partial charge on any atom is -0.370 e. The molecule has 0 bridgehead atoms. The van der Waals surface area contributed by atoms with E-state index in [2.05, 4.69) is 41.3 Å². The number of benzene rings is 1. The molecule has 1 aromatic carbocycles. The molecule has 0 fully saturated rings. The number of H-pyrrole nitrogens is 1. The van der Waals surface area contributed by atoms with Crippen molar-refractivity contribution in [1.29, 1.82) is 0 Å². The molecule has 3 heterocycles. The molecule has 7 N–H and O–H groups in total. The molecule has 158 valence electrons. The zero-order valence-electron chi connectivity index (χ0n) is 17.4. The fourth-order valence-corrected chi connectivity index (χ4v) is 3.88. The van der Waals surface area contributed by atoms with E-state index in [0.717, 1.165) is 52.2 Å². The third-order valence-electron chi connectivity index (χ3n) is 5.71. The zero-order chi connectivity index (χ0) is 21.3. The lowest BCUT2D eigenvalue weighted by Gasteiger charge is -2.29. The summed E-state index contributed by atoms with van der Waals surface area (Å²) in [5.74, 6) is 1.07. The fraction of sp³-hybridized carbons (Fsp3) is 0.364. The van der Waals surface area contributed by atoms with Crippen molar-refractivity contribution >= 4 is 28.3 Å². The number of aliphatic hydroxyl groups is 1. The van der Waals surface area contributed by atoms with Crippen LogP contribution in [0.3, 0.4) is 0 Å². The van der Waals surface area contributed by atoms with Crippen LogP contribution in [0.5, 0.6) is 0 Å². The van der Waals surface area contributed by atoms with Crippen LogP contribution in [0, 0.1) is 5.92 Å². The number of allylic oxidation sites excluding steroid dienone is 1. The average Bonchev–Trinajstić information content (AvgIpc) is 3.32. The largest absolute Gasteiger partial charge is 0.370 e. The van der Waals surface area contributed by atoms with Gasteiger partial charge in [-0.1, -0.05) is 32.0 Å². The van der Waals surface area contributed by atoms with E-state index in [1.54, 1.807) is 0 Å². The van der Waals surface area contributed by atoms with E-state index in [0.29, 0.717) is 13.0 Å². The van der Waals surface area contributed by atoms with Crippen molar-refractivity contribution in [3.63, 3.8) is 0 Å². The molecule has 2 aromatic rings. The molecule has 2 aliphatic rings. The highest BCUT2D eigenvalue weighted by molar-refractivity contribution is 5.95. The Morgan fingerprint density at radius 2 is 2.13 bits per heavy atom. The zero-order valence-corrected chi connectivity index (χ0v) is 17.4. The molecule has 0 saturated carbocycles. The number of nitrogens with two attached hydrogens (primary N) is 2. The van der Waals surface area contributed by atoms with Crippen molar-refractivity contribution in [2.24, 2.45) is 27.4 Å². The number of fused-ring (bicyclic) bond motifs is 2. The highest BCUT2D eigenvalue weighted by Gasteiger charge is 2.36. The van der Waals surface area contributed by atoms with Gasteiger partial charge in [-0.15, -0.1) is 0 Å². The van der Waals surface area contributed by atoms with E-state index in [1.165, 1.54) is 0 Å². The Kier molecular flexibility index (Phi) is 5.50. The number of nitrogens with one attached hydrogen (secondary N) is 2. The number of nitrogens with zero attached hydrogens (tertiary/aromatic N) is 3. The molecule has 1 aromatic heterocycles. The van der Waals surface area contributed by atoms with E-state index >= 15 is 0 Å². The molecule has 0 saturated heterocycles. The molecule has 4 rings (SSSR count). The van der Waals surface area contributed by atoms with E-state index in [4.69, 9.17) is 16.5 Å². The molecule has 0 aliphatic carbocycles. The standard InChI is InChI=1S/C22H29N7O/c1-3-13(2)19-21(30)29-12-18(15-11-26-16-8-5-4-7-14(15)16)27-17(20(29)28-19)9-6-10-25-22(23)24/h4-5,7-8,11-13,21,26-27,30H,3,6,9-10H2,1-2H3,(H4,23,24,25)/t13-,21?/m0/s1. The number of hydrogen-bond acceptors (Lipinski definition) is 5. The molecule has 30 heavy (non-hydrogen) atoms. The van der Waals surface area contributed by atoms with Crippen molar-refractivity contribution in [1.82, 2.24) is 15.2 Å². The van der Waals surface area contributed by atoms with Crippen molar-refractivity contribution < 1.29 is 5.11 Å². The Balaban J connectivity index is 1.69. The summed E-state index contributed by atoms with van der Waals surface area (Å²) >= 11 is 0. The predicted octanol–water partition coefficient (Wildman–Crippen LogP) is 2.41. The molecule has 1 unspecified atom stereocenters. The van der Waals surface area contributed by atoms with Gasteiger partial charge in [-0.05, 0) is 31.2 Å². The van der Waals surface area contributed by atoms with Gasteiger partial charge in [0.15, 0.2) is 18.0 Å². The molecular weight excluding hydrogens is 378 g/mol. The Morgan fingerprint density at radius 3 is 2.90 bits per heavy atom. The summed E-state index contributed by atoms with van der Waals surface area (Å²) in [4.78, 5) is 14.1. The molecule has 0 amide bonds. The molecule has 8 heteroatoms. The topological polar surface area (TPSA) is 128 Å². The maximum atomic E-state index is 11.0. The van der Waals surface area contributed by atoms with Gasteiger partial charge in [0.25, 0.3) is 0 Å². The van der Waals surface area contributed by atoms with Gasteiger partial charge in [-0.3, -0.25) is 9.89 Å². The summed E-state index contributed by atoms with van der Waals surface area (Å²) in [7, 11) is 0. The lowest BCUT2D eigenvalue weighted by atomic mass is 10.0. The fourth-order valence-electron chi connectivity index (χ4n) is 3.88. The van der Waals surface area contributed by atoms with Crippen molar-refractivity contribution in [2.45, 2.75) is 39.3 Å². The second-order valence-corrected chi connectivity index (χ2v) is 7.75. The molecule has 2 aliphatic heterocycles. The van der Waals surface area contributed by atoms with Crippen molar-refractivity contribution in [3.8, 4) is 0 Å². The van der Waals surface area contributed by atoms with E-state index in [9.17, 15) is 5.11 Å². The second kappa shape index (κ2) is 8.23. The van der Waals surface area contributed by atoms with E-state index < -0.39 is 6.23 Å². The van der Waals surface area contributed by atoms with Crippen LogP contribution in [0.1, 0.15) is 38.7 Å². The highest BCUT2D eigenvalue weighted by Crippen LogP contribution is 2.35.